The largest absolute Gasteiger partial charge is 0.494 e. The number of amides is 1. The maximum Gasteiger partial charge on any atom is 0.272 e. The van der Waals surface area contributed by atoms with Gasteiger partial charge in [0.15, 0.2) is 5.69 Å². The van der Waals surface area contributed by atoms with Crippen molar-refractivity contribution in [3.63, 3.8) is 0 Å². The number of carbonyl (C=O) groups excluding carboxylic acids is 1. The first kappa shape index (κ1) is 20.1. The highest BCUT2D eigenvalue weighted by Gasteiger charge is 2.25. The number of ether oxygens (including phenoxy) is 2. The number of morpholine rings is 1. The van der Waals surface area contributed by atoms with Crippen LogP contribution in [-0.4, -0.2) is 77.8 Å². The second-order valence-corrected chi connectivity index (χ2v) is 7.86. The van der Waals surface area contributed by atoms with E-state index in [0.717, 1.165) is 75.2 Å². The Kier molecular flexibility index (Phi) is 6.32. The molecule has 1 saturated carbocycles. The molecule has 0 spiro atoms. The number of fused-ring (bicyclic) bond motifs is 1. The summed E-state index contributed by atoms with van der Waals surface area (Å²) in [6.07, 6.45) is 2.81. The summed E-state index contributed by atoms with van der Waals surface area (Å²) in [4.78, 5) is 15.4. The van der Waals surface area contributed by atoms with Crippen molar-refractivity contribution in [2.75, 3.05) is 40.0 Å². The Hall–Kier alpha value is -2.16. The molecule has 0 bridgehead atoms. The van der Waals surface area contributed by atoms with Crippen LogP contribution in [0.25, 0.3) is 10.9 Å². The summed E-state index contributed by atoms with van der Waals surface area (Å²) >= 11 is 0. The van der Waals surface area contributed by atoms with Crippen LogP contribution in [0.2, 0.25) is 0 Å². The van der Waals surface area contributed by atoms with Crippen molar-refractivity contribution in [2.24, 2.45) is 0 Å². The highest BCUT2D eigenvalue weighted by atomic mass is 16.5. The minimum Gasteiger partial charge on any atom is -0.494 e. The third-order valence-corrected chi connectivity index (χ3v) is 5.93. The number of hydrogen-bond acceptors (Lipinski definition) is 6. The van der Waals surface area contributed by atoms with Crippen LogP contribution in [0, 0.1) is 0 Å². The molecule has 1 amide bonds. The molecule has 8 heteroatoms. The van der Waals surface area contributed by atoms with Gasteiger partial charge in [-0.1, -0.05) is 12.1 Å². The Labute approximate surface area is 170 Å². The van der Waals surface area contributed by atoms with Crippen molar-refractivity contribution < 1.29 is 19.4 Å². The zero-order valence-corrected chi connectivity index (χ0v) is 17.0. The number of rotatable bonds is 6. The van der Waals surface area contributed by atoms with Crippen molar-refractivity contribution in [3.05, 3.63) is 23.9 Å². The predicted molar refractivity (Wildman–Crippen MR) is 109 cm³/mol. The molecular formula is C21H30N4O4. The van der Waals surface area contributed by atoms with Crippen molar-refractivity contribution in [1.82, 2.24) is 20.0 Å². The van der Waals surface area contributed by atoms with Crippen LogP contribution in [0.5, 0.6) is 5.75 Å². The van der Waals surface area contributed by atoms with Crippen LogP contribution in [0.1, 0.15) is 36.2 Å². The summed E-state index contributed by atoms with van der Waals surface area (Å²) < 4.78 is 12.9. The first-order valence-electron chi connectivity index (χ1n) is 10.5. The van der Waals surface area contributed by atoms with Crippen LogP contribution in [0.3, 0.4) is 0 Å². The molecule has 158 valence electrons. The van der Waals surface area contributed by atoms with Gasteiger partial charge in [-0.3, -0.25) is 14.4 Å². The normalized spacial score (nSPS) is 23.2. The van der Waals surface area contributed by atoms with Gasteiger partial charge in [0.1, 0.15) is 11.3 Å². The smallest absolute Gasteiger partial charge is 0.272 e. The minimum absolute atomic E-state index is 0.0880. The van der Waals surface area contributed by atoms with E-state index in [4.69, 9.17) is 9.47 Å². The highest BCUT2D eigenvalue weighted by molar-refractivity contribution is 6.06. The zero-order valence-electron chi connectivity index (χ0n) is 17.0. The number of aliphatic hydroxyl groups is 1. The second kappa shape index (κ2) is 9.11. The van der Waals surface area contributed by atoms with Gasteiger partial charge in [-0.05, 0) is 31.7 Å². The molecule has 2 fully saturated rings. The Morgan fingerprint density at radius 1 is 1.24 bits per heavy atom. The van der Waals surface area contributed by atoms with E-state index in [1.807, 2.05) is 22.9 Å². The first-order valence-corrected chi connectivity index (χ1v) is 10.5. The Morgan fingerprint density at radius 3 is 2.72 bits per heavy atom. The second-order valence-electron chi connectivity index (χ2n) is 7.86. The zero-order chi connectivity index (χ0) is 20.2. The predicted octanol–water partition coefficient (Wildman–Crippen LogP) is 1.41. The lowest BCUT2D eigenvalue weighted by atomic mass is 9.93. The van der Waals surface area contributed by atoms with Crippen LogP contribution >= 0.6 is 0 Å². The molecule has 4 rings (SSSR count). The Bertz CT molecular complexity index is 839. The summed E-state index contributed by atoms with van der Waals surface area (Å²) in [5.74, 6) is 0.562. The quantitative estimate of drug-likeness (QED) is 0.760. The van der Waals surface area contributed by atoms with E-state index in [9.17, 15) is 9.90 Å². The van der Waals surface area contributed by atoms with Crippen molar-refractivity contribution in [3.8, 4) is 5.75 Å². The maximum atomic E-state index is 13.0. The summed E-state index contributed by atoms with van der Waals surface area (Å²) in [6.45, 7) is 4.87. The molecule has 1 aromatic carbocycles. The number of hydrogen-bond donors (Lipinski definition) is 2. The van der Waals surface area contributed by atoms with E-state index in [-0.39, 0.29) is 18.1 Å². The van der Waals surface area contributed by atoms with E-state index in [0.29, 0.717) is 12.2 Å². The van der Waals surface area contributed by atoms with Crippen molar-refractivity contribution in [1.29, 1.82) is 0 Å². The van der Waals surface area contributed by atoms with E-state index in [2.05, 4.69) is 15.3 Å². The van der Waals surface area contributed by atoms with E-state index in [1.165, 1.54) is 0 Å². The molecule has 0 unspecified atom stereocenters. The van der Waals surface area contributed by atoms with Gasteiger partial charge in [0, 0.05) is 31.1 Å². The number of para-hydroxylation sites is 1. The third kappa shape index (κ3) is 4.55. The molecule has 0 radical (unpaired) electrons. The van der Waals surface area contributed by atoms with E-state index in [1.54, 1.807) is 7.11 Å². The van der Waals surface area contributed by atoms with Crippen LogP contribution in [0.4, 0.5) is 0 Å². The highest BCUT2D eigenvalue weighted by Crippen LogP contribution is 2.28. The molecule has 29 heavy (non-hydrogen) atoms. The van der Waals surface area contributed by atoms with Crippen LogP contribution < -0.4 is 10.1 Å². The van der Waals surface area contributed by atoms with Crippen LogP contribution in [0.15, 0.2) is 18.2 Å². The summed E-state index contributed by atoms with van der Waals surface area (Å²) in [5.41, 5.74) is 1.29. The summed E-state index contributed by atoms with van der Waals surface area (Å²) in [6, 6.07) is 5.81. The maximum absolute atomic E-state index is 13.0. The SMILES string of the molecule is COc1cccc2c(C(=O)N[C@H]3CC[C@H](O)CC3)nn(CCN3CCOCC3)c12. The fourth-order valence-corrected chi connectivity index (χ4v) is 4.23. The lowest BCUT2D eigenvalue weighted by Crippen LogP contribution is -2.39. The molecule has 2 heterocycles. The van der Waals surface area contributed by atoms with Gasteiger partial charge in [0.25, 0.3) is 5.91 Å². The van der Waals surface area contributed by atoms with Crippen molar-refractivity contribution in [2.45, 2.75) is 44.4 Å². The van der Waals surface area contributed by atoms with Gasteiger partial charge in [-0.25, -0.2) is 0 Å². The minimum atomic E-state index is -0.243. The molecule has 1 saturated heterocycles. The average molecular weight is 402 g/mol. The number of nitrogens with one attached hydrogen (secondary N) is 1. The third-order valence-electron chi connectivity index (χ3n) is 5.93. The molecule has 2 N–H and O–H groups in total. The summed E-state index contributed by atoms with van der Waals surface area (Å²) in [7, 11) is 1.64. The number of aromatic nitrogens is 2. The number of methoxy groups -OCH3 is 1. The van der Waals surface area contributed by atoms with Gasteiger partial charge in [0.2, 0.25) is 0 Å². The van der Waals surface area contributed by atoms with Gasteiger partial charge < -0.3 is 19.9 Å². The molecular weight excluding hydrogens is 372 g/mol. The average Bonchev–Trinajstić information content (AvgIpc) is 3.14. The fraction of sp³-hybridized carbons (Fsp3) is 0.619. The standard InChI is InChI=1S/C21H30N4O4/c1-28-18-4-2-3-17-19(21(27)22-15-5-7-16(26)8-6-15)23-25(20(17)18)10-9-24-11-13-29-14-12-24/h2-4,15-16,26H,5-14H2,1H3,(H,22,27)/t15-,16-. The van der Waals surface area contributed by atoms with Gasteiger partial charge in [-0.15, -0.1) is 0 Å². The molecule has 2 aliphatic rings. The van der Waals surface area contributed by atoms with Gasteiger partial charge in [0.05, 0.1) is 33.0 Å². The molecule has 1 aromatic heterocycles. The molecule has 8 nitrogen and oxygen atoms in total. The Balaban J connectivity index is 1.55. The lowest BCUT2D eigenvalue weighted by molar-refractivity contribution is 0.0361. The molecule has 1 aliphatic heterocycles. The molecule has 0 atom stereocenters. The van der Waals surface area contributed by atoms with E-state index < -0.39 is 0 Å². The molecule has 1 aliphatic carbocycles. The van der Waals surface area contributed by atoms with Crippen molar-refractivity contribution >= 4 is 16.8 Å². The lowest BCUT2D eigenvalue weighted by Gasteiger charge is -2.26. The molecule has 2 aromatic rings. The first-order chi connectivity index (χ1) is 14.2. The number of benzene rings is 1. The number of aliphatic hydroxyl groups excluding tert-OH is 1. The van der Waals surface area contributed by atoms with E-state index >= 15 is 0 Å². The Morgan fingerprint density at radius 2 is 2.00 bits per heavy atom. The fourth-order valence-electron chi connectivity index (χ4n) is 4.23. The number of carbonyl (C=O) groups is 1. The number of nitrogens with zero attached hydrogens (tertiary/aromatic N) is 3. The van der Waals surface area contributed by atoms with Crippen LogP contribution in [-0.2, 0) is 11.3 Å². The topological polar surface area (TPSA) is 88.8 Å². The summed E-state index contributed by atoms with van der Waals surface area (Å²) in [5, 5.41) is 18.3. The monoisotopic (exact) mass is 402 g/mol. The van der Waals surface area contributed by atoms with Gasteiger partial charge in [-0.2, -0.15) is 5.10 Å². The van der Waals surface area contributed by atoms with Gasteiger partial charge >= 0.3 is 0 Å².